The first-order valence-electron chi connectivity index (χ1n) is 7.53. The Morgan fingerprint density at radius 2 is 1.88 bits per heavy atom. The van der Waals surface area contributed by atoms with Gasteiger partial charge in [0.05, 0.1) is 21.4 Å². The van der Waals surface area contributed by atoms with E-state index in [0.717, 1.165) is 11.4 Å². The molecule has 1 aromatic heterocycles. The smallest absolute Gasteiger partial charge is 0.263 e. The van der Waals surface area contributed by atoms with E-state index in [1.807, 2.05) is 37.3 Å². The maximum absolute atomic E-state index is 12.2. The van der Waals surface area contributed by atoms with Gasteiger partial charge >= 0.3 is 0 Å². The van der Waals surface area contributed by atoms with Crippen LogP contribution >= 0.6 is 23.2 Å². The number of halogens is 2. The van der Waals surface area contributed by atoms with Crippen molar-refractivity contribution in [2.24, 2.45) is 0 Å². The predicted octanol–water partition coefficient (Wildman–Crippen LogP) is 4.51. The monoisotopic (exact) mass is 375 g/mol. The summed E-state index contributed by atoms with van der Waals surface area (Å²) in [4.78, 5) is 12.2. The van der Waals surface area contributed by atoms with Gasteiger partial charge in [-0.25, -0.2) is 4.68 Å². The molecule has 25 heavy (non-hydrogen) atoms. The number of ether oxygens (including phenoxy) is 1. The molecular formula is C18H15Cl2N3O2. The molecule has 0 saturated heterocycles. The molecule has 128 valence electrons. The average molecular weight is 376 g/mol. The number of hydrogen-bond donors (Lipinski definition) is 1. The van der Waals surface area contributed by atoms with Crippen LogP contribution in [0.15, 0.2) is 54.6 Å². The number of anilines is 1. The molecule has 0 radical (unpaired) electrons. The molecule has 5 nitrogen and oxygen atoms in total. The van der Waals surface area contributed by atoms with Gasteiger partial charge in [0, 0.05) is 12.1 Å². The normalized spacial score (nSPS) is 10.5. The molecule has 1 N–H and O–H groups in total. The fourth-order valence-corrected chi connectivity index (χ4v) is 2.54. The number of nitrogens with zero attached hydrogens (tertiary/aromatic N) is 2. The molecule has 0 fully saturated rings. The Morgan fingerprint density at radius 3 is 2.60 bits per heavy atom. The summed E-state index contributed by atoms with van der Waals surface area (Å²) < 4.78 is 7.12. The second-order valence-corrected chi connectivity index (χ2v) is 6.15. The van der Waals surface area contributed by atoms with Crippen LogP contribution in [0.5, 0.6) is 5.75 Å². The van der Waals surface area contributed by atoms with Gasteiger partial charge in [-0.3, -0.25) is 4.79 Å². The van der Waals surface area contributed by atoms with E-state index in [9.17, 15) is 4.79 Å². The number of aryl methyl sites for hydroxylation is 1. The van der Waals surface area contributed by atoms with E-state index in [2.05, 4.69) is 10.4 Å². The van der Waals surface area contributed by atoms with Crippen molar-refractivity contribution in [1.29, 1.82) is 0 Å². The molecule has 0 unspecified atom stereocenters. The van der Waals surface area contributed by atoms with Crippen LogP contribution in [0.3, 0.4) is 0 Å². The number of carbonyl (C=O) groups excluding carboxylic acids is 1. The maximum Gasteiger partial charge on any atom is 0.263 e. The topological polar surface area (TPSA) is 56.1 Å². The maximum atomic E-state index is 12.2. The molecule has 3 aromatic rings. The molecule has 0 aliphatic heterocycles. The minimum Gasteiger partial charge on any atom is -0.484 e. The van der Waals surface area contributed by atoms with Gasteiger partial charge in [-0.05, 0) is 31.2 Å². The van der Waals surface area contributed by atoms with Gasteiger partial charge in [0.1, 0.15) is 11.6 Å². The van der Waals surface area contributed by atoms with Crippen LogP contribution < -0.4 is 10.1 Å². The number of carbonyl (C=O) groups is 1. The fraction of sp³-hybridized carbons (Fsp3) is 0.111. The van der Waals surface area contributed by atoms with Crippen molar-refractivity contribution >= 4 is 34.9 Å². The van der Waals surface area contributed by atoms with Crippen LogP contribution in [-0.2, 0) is 4.79 Å². The van der Waals surface area contributed by atoms with Gasteiger partial charge in [-0.1, -0.05) is 41.4 Å². The van der Waals surface area contributed by atoms with Crippen LogP contribution in [0.25, 0.3) is 5.69 Å². The van der Waals surface area contributed by atoms with Gasteiger partial charge < -0.3 is 10.1 Å². The minimum atomic E-state index is -0.303. The lowest BCUT2D eigenvalue weighted by molar-refractivity contribution is -0.118. The number of nitrogens with one attached hydrogen (secondary N) is 1. The van der Waals surface area contributed by atoms with Gasteiger partial charge in [-0.2, -0.15) is 5.10 Å². The molecule has 0 spiro atoms. The van der Waals surface area contributed by atoms with Crippen molar-refractivity contribution in [2.75, 3.05) is 11.9 Å². The van der Waals surface area contributed by atoms with Crippen LogP contribution in [0.1, 0.15) is 5.69 Å². The fourth-order valence-electron chi connectivity index (χ4n) is 2.25. The summed E-state index contributed by atoms with van der Waals surface area (Å²) in [5, 5.41) is 8.01. The Kier molecular flexibility index (Phi) is 5.26. The standard InChI is InChI=1S/C18H15Cl2N3O2/c1-12-9-17(23(22-12)13-5-3-2-4-6-13)21-18(24)11-25-14-7-8-15(19)16(20)10-14/h2-10H,11H2,1H3,(H,21,24). The van der Waals surface area contributed by atoms with E-state index < -0.39 is 0 Å². The number of aromatic nitrogens is 2. The van der Waals surface area contributed by atoms with Crippen molar-refractivity contribution in [3.05, 3.63) is 70.3 Å². The highest BCUT2D eigenvalue weighted by Crippen LogP contribution is 2.26. The number of para-hydroxylation sites is 1. The first kappa shape index (κ1) is 17.3. The van der Waals surface area contributed by atoms with E-state index in [-0.39, 0.29) is 12.5 Å². The summed E-state index contributed by atoms with van der Waals surface area (Å²) in [6.45, 7) is 1.71. The highest BCUT2D eigenvalue weighted by molar-refractivity contribution is 6.42. The van der Waals surface area contributed by atoms with Gasteiger partial charge in [-0.15, -0.1) is 0 Å². The Morgan fingerprint density at radius 1 is 1.12 bits per heavy atom. The summed E-state index contributed by atoms with van der Waals surface area (Å²) in [5.41, 5.74) is 1.65. The van der Waals surface area contributed by atoms with Crippen LogP contribution in [-0.4, -0.2) is 22.3 Å². The summed E-state index contributed by atoms with van der Waals surface area (Å²) in [6, 6.07) is 16.2. The van der Waals surface area contributed by atoms with E-state index in [0.29, 0.717) is 21.6 Å². The first-order valence-corrected chi connectivity index (χ1v) is 8.28. The lowest BCUT2D eigenvalue weighted by Crippen LogP contribution is -2.21. The van der Waals surface area contributed by atoms with E-state index in [1.54, 1.807) is 28.9 Å². The average Bonchev–Trinajstić information content (AvgIpc) is 2.97. The zero-order chi connectivity index (χ0) is 17.8. The molecule has 0 aliphatic rings. The largest absolute Gasteiger partial charge is 0.484 e. The number of benzene rings is 2. The molecule has 0 bridgehead atoms. The third-order valence-corrected chi connectivity index (χ3v) is 4.10. The van der Waals surface area contributed by atoms with Crippen molar-refractivity contribution in [3.63, 3.8) is 0 Å². The molecule has 1 heterocycles. The molecule has 2 aromatic carbocycles. The van der Waals surface area contributed by atoms with Crippen LogP contribution in [0.2, 0.25) is 10.0 Å². The van der Waals surface area contributed by atoms with Crippen LogP contribution in [0.4, 0.5) is 5.82 Å². The highest BCUT2D eigenvalue weighted by Gasteiger charge is 2.11. The minimum absolute atomic E-state index is 0.156. The molecule has 0 saturated carbocycles. The second kappa shape index (κ2) is 7.59. The Labute approximate surface area is 155 Å². The summed E-state index contributed by atoms with van der Waals surface area (Å²) in [7, 11) is 0. The summed E-state index contributed by atoms with van der Waals surface area (Å²) in [5.74, 6) is 0.742. The second-order valence-electron chi connectivity index (χ2n) is 5.33. The molecule has 1 amide bonds. The molecule has 0 atom stereocenters. The Bertz CT molecular complexity index is 895. The molecule has 3 rings (SSSR count). The Hall–Kier alpha value is -2.50. The predicted molar refractivity (Wildman–Crippen MR) is 98.9 cm³/mol. The SMILES string of the molecule is Cc1cc(NC(=O)COc2ccc(Cl)c(Cl)c2)n(-c2ccccc2)n1. The third-order valence-electron chi connectivity index (χ3n) is 3.36. The van der Waals surface area contributed by atoms with E-state index in [4.69, 9.17) is 27.9 Å². The lowest BCUT2D eigenvalue weighted by atomic mass is 10.3. The molecular weight excluding hydrogens is 361 g/mol. The quantitative estimate of drug-likeness (QED) is 0.713. The number of hydrogen-bond acceptors (Lipinski definition) is 3. The van der Waals surface area contributed by atoms with E-state index >= 15 is 0 Å². The number of amides is 1. The summed E-state index contributed by atoms with van der Waals surface area (Å²) >= 11 is 11.8. The van der Waals surface area contributed by atoms with Crippen molar-refractivity contribution in [3.8, 4) is 11.4 Å². The van der Waals surface area contributed by atoms with Gasteiger partial charge in [0.2, 0.25) is 0 Å². The van der Waals surface area contributed by atoms with Gasteiger partial charge in [0.25, 0.3) is 5.91 Å². The Balaban J connectivity index is 1.68. The van der Waals surface area contributed by atoms with Crippen molar-refractivity contribution < 1.29 is 9.53 Å². The van der Waals surface area contributed by atoms with Gasteiger partial charge in [0.15, 0.2) is 6.61 Å². The summed E-state index contributed by atoms with van der Waals surface area (Å²) in [6.07, 6.45) is 0. The zero-order valence-electron chi connectivity index (χ0n) is 13.4. The van der Waals surface area contributed by atoms with Crippen molar-refractivity contribution in [2.45, 2.75) is 6.92 Å². The van der Waals surface area contributed by atoms with Crippen LogP contribution in [0, 0.1) is 6.92 Å². The van der Waals surface area contributed by atoms with E-state index in [1.165, 1.54) is 0 Å². The first-order chi connectivity index (χ1) is 12.0. The molecule has 7 heteroatoms. The third kappa shape index (κ3) is 4.32. The highest BCUT2D eigenvalue weighted by atomic mass is 35.5. The zero-order valence-corrected chi connectivity index (χ0v) is 14.9. The lowest BCUT2D eigenvalue weighted by Gasteiger charge is -2.10. The van der Waals surface area contributed by atoms with Crippen molar-refractivity contribution in [1.82, 2.24) is 9.78 Å². The molecule has 0 aliphatic carbocycles. The number of rotatable bonds is 5.